The minimum Gasteiger partial charge on any atom is -0.457 e. The molecule has 1 aliphatic rings. The van der Waals surface area contributed by atoms with Crippen LogP contribution in [0.1, 0.15) is 45.1 Å². The number of hydrogen-bond acceptors (Lipinski definition) is 2. The molecule has 2 heteroatoms. The van der Waals surface area contributed by atoms with Gasteiger partial charge >= 0.3 is 0 Å². The summed E-state index contributed by atoms with van der Waals surface area (Å²) in [6.07, 6.45) is 10.4. The van der Waals surface area contributed by atoms with E-state index in [2.05, 4.69) is 26.8 Å². The Kier molecular flexibility index (Phi) is 3.89. The fraction of sp³-hybridized carbons (Fsp3) is 0.353. The van der Waals surface area contributed by atoms with Crippen LogP contribution in [-0.2, 0) is 4.79 Å². The summed E-state index contributed by atoms with van der Waals surface area (Å²) >= 11 is 0. The van der Waals surface area contributed by atoms with Crippen LogP contribution in [0.3, 0.4) is 0 Å². The first kappa shape index (κ1) is 13.6. The number of carbonyl (C=O) groups is 1. The fourth-order valence-corrected chi connectivity index (χ4v) is 2.56. The minimum atomic E-state index is 0.257. The van der Waals surface area contributed by atoms with Gasteiger partial charge in [-0.05, 0) is 61.1 Å². The van der Waals surface area contributed by atoms with Crippen molar-refractivity contribution >= 4 is 18.4 Å². The second kappa shape index (κ2) is 5.43. The predicted molar refractivity (Wildman–Crippen MR) is 78.6 cm³/mol. The van der Waals surface area contributed by atoms with Crippen molar-refractivity contribution in [2.45, 2.75) is 33.6 Å². The van der Waals surface area contributed by atoms with E-state index in [-0.39, 0.29) is 5.41 Å². The van der Waals surface area contributed by atoms with Crippen molar-refractivity contribution in [3.8, 4) is 0 Å². The van der Waals surface area contributed by atoms with E-state index < -0.39 is 0 Å². The summed E-state index contributed by atoms with van der Waals surface area (Å²) in [5.74, 6) is 1.51. The van der Waals surface area contributed by atoms with Crippen LogP contribution in [0.4, 0.5) is 0 Å². The molecular formula is C17H20O2. The molecule has 100 valence electrons. The molecule has 0 bridgehead atoms. The summed E-state index contributed by atoms with van der Waals surface area (Å²) in [6, 6.07) is 3.78. The van der Waals surface area contributed by atoms with Crippen molar-refractivity contribution in [3.63, 3.8) is 0 Å². The Hall–Kier alpha value is -1.83. The van der Waals surface area contributed by atoms with E-state index in [1.54, 1.807) is 6.08 Å². The topological polar surface area (TPSA) is 30.2 Å². The molecule has 1 aliphatic carbocycles. The minimum absolute atomic E-state index is 0.257. The molecule has 0 aliphatic heterocycles. The van der Waals surface area contributed by atoms with Gasteiger partial charge in [0.05, 0.1) is 0 Å². The highest BCUT2D eigenvalue weighted by Crippen LogP contribution is 2.42. The highest BCUT2D eigenvalue weighted by molar-refractivity contribution is 5.72. The van der Waals surface area contributed by atoms with Gasteiger partial charge in [0.1, 0.15) is 17.8 Å². The first-order valence-electron chi connectivity index (χ1n) is 6.63. The van der Waals surface area contributed by atoms with Gasteiger partial charge in [-0.2, -0.15) is 0 Å². The van der Waals surface area contributed by atoms with Crippen molar-refractivity contribution in [1.82, 2.24) is 0 Å². The average Bonchev–Trinajstić information content (AvgIpc) is 2.91. The number of furan rings is 1. The molecule has 19 heavy (non-hydrogen) atoms. The highest BCUT2D eigenvalue weighted by atomic mass is 16.3. The average molecular weight is 256 g/mol. The number of aldehydes is 1. The van der Waals surface area contributed by atoms with Crippen LogP contribution >= 0.6 is 0 Å². The van der Waals surface area contributed by atoms with Gasteiger partial charge in [0.15, 0.2) is 0 Å². The maximum atomic E-state index is 10.2. The molecule has 0 aromatic carbocycles. The number of allylic oxidation sites excluding steroid dienone is 4. The zero-order valence-electron chi connectivity index (χ0n) is 11.8. The third-order valence-corrected chi connectivity index (χ3v) is 3.71. The predicted octanol–water partition coefficient (Wildman–Crippen LogP) is 4.64. The van der Waals surface area contributed by atoms with E-state index in [0.29, 0.717) is 5.76 Å². The zero-order valence-corrected chi connectivity index (χ0v) is 11.8. The fourth-order valence-electron chi connectivity index (χ4n) is 2.56. The molecule has 0 N–H and O–H groups in total. The molecular weight excluding hydrogens is 236 g/mol. The lowest BCUT2D eigenvalue weighted by atomic mass is 9.85. The summed E-state index contributed by atoms with van der Waals surface area (Å²) < 4.78 is 5.59. The Morgan fingerprint density at radius 3 is 2.42 bits per heavy atom. The van der Waals surface area contributed by atoms with Gasteiger partial charge in [-0.15, -0.1) is 0 Å². The van der Waals surface area contributed by atoms with Crippen LogP contribution in [0.15, 0.2) is 39.8 Å². The van der Waals surface area contributed by atoms with Crippen molar-refractivity contribution in [2.24, 2.45) is 5.41 Å². The van der Waals surface area contributed by atoms with Gasteiger partial charge in [-0.25, -0.2) is 0 Å². The molecule has 0 spiro atoms. The number of carbonyl (C=O) groups excluding carboxylic acids is 1. The molecule has 0 saturated carbocycles. The molecule has 0 unspecified atom stereocenters. The zero-order chi connectivity index (χ0) is 13.9. The second-order valence-corrected chi connectivity index (χ2v) is 5.65. The maximum Gasteiger partial charge on any atom is 0.142 e. The Morgan fingerprint density at radius 1 is 1.16 bits per heavy atom. The van der Waals surface area contributed by atoms with E-state index in [1.807, 2.05) is 18.2 Å². The summed E-state index contributed by atoms with van der Waals surface area (Å²) in [6.45, 7) is 6.77. The van der Waals surface area contributed by atoms with Gasteiger partial charge in [0, 0.05) is 0 Å². The number of rotatable bonds is 4. The van der Waals surface area contributed by atoms with Gasteiger partial charge in [0.2, 0.25) is 0 Å². The molecule has 0 atom stereocenters. The second-order valence-electron chi connectivity index (χ2n) is 5.65. The van der Waals surface area contributed by atoms with E-state index in [4.69, 9.17) is 4.42 Å². The van der Waals surface area contributed by atoms with E-state index >= 15 is 0 Å². The van der Waals surface area contributed by atoms with Crippen molar-refractivity contribution in [3.05, 3.63) is 47.0 Å². The first-order chi connectivity index (χ1) is 9.03. The van der Waals surface area contributed by atoms with Crippen LogP contribution in [0.5, 0.6) is 0 Å². The quantitative estimate of drug-likeness (QED) is 0.580. The molecule has 1 aromatic heterocycles. The largest absolute Gasteiger partial charge is 0.457 e. The molecule has 0 radical (unpaired) electrons. The van der Waals surface area contributed by atoms with Gasteiger partial charge < -0.3 is 4.42 Å². The normalized spacial score (nSPS) is 18.9. The summed E-state index contributed by atoms with van der Waals surface area (Å²) in [5.41, 5.74) is 3.13. The van der Waals surface area contributed by atoms with Crippen LogP contribution < -0.4 is 0 Å². The maximum absolute atomic E-state index is 10.2. The third-order valence-electron chi connectivity index (χ3n) is 3.71. The first-order valence-corrected chi connectivity index (χ1v) is 6.63. The lowest BCUT2D eigenvalue weighted by Crippen LogP contribution is -2.07. The van der Waals surface area contributed by atoms with Crippen molar-refractivity contribution in [1.29, 1.82) is 0 Å². The summed E-state index contributed by atoms with van der Waals surface area (Å²) in [7, 11) is 0. The van der Waals surface area contributed by atoms with E-state index in [0.717, 1.165) is 12.0 Å². The molecule has 0 fully saturated rings. The molecule has 2 nitrogen and oxygen atoms in total. The lowest BCUT2D eigenvalue weighted by molar-refractivity contribution is -0.104. The molecule has 2 rings (SSSR count). The summed E-state index contributed by atoms with van der Waals surface area (Å²) in [5, 5.41) is 0. The lowest BCUT2D eigenvalue weighted by Gasteiger charge is -2.20. The van der Waals surface area contributed by atoms with Gasteiger partial charge in [0.25, 0.3) is 0 Å². The SMILES string of the molecule is CC1=C(/C=C/c2ccc(/C=C/C=O)o2)C(C)(C)CC1. The van der Waals surface area contributed by atoms with Gasteiger partial charge in [-0.1, -0.05) is 25.5 Å². The third kappa shape index (κ3) is 3.14. The standard InChI is InChI=1S/C17H20O2/c1-13-10-11-17(2,3)16(13)9-8-15-7-6-14(19-15)5-4-12-18/h4-9,12H,10-11H2,1-3H3/b5-4+,9-8+. The number of hydrogen-bond donors (Lipinski definition) is 0. The van der Waals surface area contributed by atoms with Crippen LogP contribution in [-0.4, -0.2) is 6.29 Å². The van der Waals surface area contributed by atoms with Crippen LogP contribution in [0.2, 0.25) is 0 Å². The van der Waals surface area contributed by atoms with Crippen molar-refractivity contribution < 1.29 is 9.21 Å². The van der Waals surface area contributed by atoms with Gasteiger partial charge in [-0.3, -0.25) is 4.79 Å². The molecule has 0 amide bonds. The highest BCUT2D eigenvalue weighted by Gasteiger charge is 2.28. The summed E-state index contributed by atoms with van der Waals surface area (Å²) in [4.78, 5) is 10.2. The smallest absolute Gasteiger partial charge is 0.142 e. The monoisotopic (exact) mass is 256 g/mol. The Morgan fingerprint density at radius 2 is 1.84 bits per heavy atom. The van der Waals surface area contributed by atoms with Crippen LogP contribution in [0.25, 0.3) is 12.2 Å². The molecule has 1 heterocycles. The van der Waals surface area contributed by atoms with E-state index in [9.17, 15) is 4.79 Å². The molecule has 0 saturated heterocycles. The van der Waals surface area contributed by atoms with Crippen molar-refractivity contribution in [2.75, 3.05) is 0 Å². The Balaban J connectivity index is 2.15. The van der Waals surface area contributed by atoms with Crippen LogP contribution in [0, 0.1) is 5.41 Å². The Bertz CT molecular complexity index is 554. The Labute approximate surface area is 114 Å². The molecule has 1 aromatic rings. The van der Waals surface area contributed by atoms with E-state index in [1.165, 1.54) is 30.1 Å².